The van der Waals surface area contributed by atoms with E-state index >= 15 is 0 Å². The first-order valence-corrected chi connectivity index (χ1v) is 13.1. The molecule has 1 aromatic carbocycles. The van der Waals surface area contributed by atoms with E-state index in [4.69, 9.17) is 24.1 Å². The lowest BCUT2D eigenvalue weighted by molar-refractivity contribution is -0.122. The summed E-state index contributed by atoms with van der Waals surface area (Å²) >= 11 is 1.74. The zero-order chi connectivity index (χ0) is 28.5. The van der Waals surface area contributed by atoms with Crippen LogP contribution in [-0.2, 0) is 23.8 Å². The average molecular weight is 546 g/mol. The Hall–Kier alpha value is -3.50. The normalized spacial score (nSPS) is 17.2. The molecule has 3 N–H and O–H groups in total. The number of hydrogen-bond donors (Lipinski definition) is 3. The number of methoxy groups -OCH3 is 3. The highest BCUT2D eigenvalue weighted by molar-refractivity contribution is 8.00. The van der Waals surface area contributed by atoms with E-state index in [9.17, 15) is 4.79 Å². The maximum Gasteiger partial charge on any atom is 0.290 e. The number of amides is 1. The molecule has 2 aliphatic rings. The van der Waals surface area contributed by atoms with Crippen molar-refractivity contribution in [1.29, 1.82) is 0 Å². The summed E-state index contributed by atoms with van der Waals surface area (Å²) in [6, 6.07) is 8.04. The Morgan fingerprint density at radius 2 is 1.84 bits per heavy atom. The highest BCUT2D eigenvalue weighted by atomic mass is 32.2. The Labute approximate surface area is 229 Å². The van der Waals surface area contributed by atoms with Crippen LogP contribution in [0, 0.1) is 6.92 Å². The molecule has 4 rings (SSSR count). The van der Waals surface area contributed by atoms with Gasteiger partial charge in [0.05, 0.1) is 24.8 Å². The van der Waals surface area contributed by atoms with Crippen LogP contribution in [0.4, 0.5) is 11.4 Å². The van der Waals surface area contributed by atoms with Crippen LogP contribution in [0.3, 0.4) is 0 Å². The number of hydrogen-bond acceptors (Lipinski definition) is 8. The zero-order valence-electron chi connectivity index (χ0n) is 23.1. The summed E-state index contributed by atoms with van der Waals surface area (Å²) in [5.41, 5.74) is 5.48. The Morgan fingerprint density at radius 3 is 2.42 bits per heavy atom. The second-order valence-electron chi connectivity index (χ2n) is 7.90. The van der Waals surface area contributed by atoms with Crippen molar-refractivity contribution in [2.24, 2.45) is 0 Å². The van der Waals surface area contributed by atoms with Gasteiger partial charge in [0, 0.05) is 25.2 Å². The van der Waals surface area contributed by atoms with Gasteiger partial charge in [0.15, 0.2) is 11.5 Å². The summed E-state index contributed by atoms with van der Waals surface area (Å²) in [6.45, 7) is 7.86. The molecule has 2 aromatic rings. The SMILES string of the molecule is CC.COC1=C(OC)C(OC)CCC(C)=C1.Cc1cc(NC=O)cc(C2Nc3ccncc3S2)c1.O=CO. The number of nitrogens with zero attached hydrogens (tertiary/aromatic N) is 1. The van der Waals surface area contributed by atoms with Crippen LogP contribution in [0.1, 0.15) is 50.1 Å². The van der Waals surface area contributed by atoms with Gasteiger partial charge in [-0.25, -0.2) is 0 Å². The van der Waals surface area contributed by atoms with Crippen molar-refractivity contribution in [3.63, 3.8) is 0 Å². The number of benzene rings is 1. The minimum atomic E-state index is -0.250. The van der Waals surface area contributed by atoms with Crippen molar-refractivity contribution >= 4 is 36.0 Å². The Balaban J connectivity index is 0.000000337. The first-order chi connectivity index (χ1) is 18.4. The number of allylic oxidation sites excluding steroid dienone is 2. The highest BCUT2D eigenvalue weighted by Crippen LogP contribution is 2.46. The van der Waals surface area contributed by atoms with Crippen LogP contribution in [-0.4, -0.2) is 50.4 Å². The van der Waals surface area contributed by atoms with E-state index in [-0.39, 0.29) is 18.0 Å². The van der Waals surface area contributed by atoms with E-state index in [1.165, 1.54) is 5.57 Å². The summed E-state index contributed by atoms with van der Waals surface area (Å²) in [5.74, 6) is 1.56. The summed E-state index contributed by atoms with van der Waals surface area (Å²) in [7, 11) is 4.99. The summed E-state index contributed by atoms with van der Waals surface area (Å²) in [4.78, 5) is 24.2. The average Bonchev–Trinajstić information content (AvgIpc) is 3.29. The molecule has 1 amide bonds. The number of aryl methyl sites for hydroxylation is 1. The smallest absolute Gasteiger partial charge is 0.290 e. The molecular formula is C28H39N3O6S. The molecule has 2 unspecified atom stereocenters. The fourth-order valence-corrected chi connectivity index (χ4v) is 4.88. The van der Waals surface area contributed by atoms with Gasteiger partial charge in [0.25, 0.3) is 6.47 Å². The number of carboxylic acid groups (broad SMARTS) is 1. The predicted molar refractivity (Wildman–Crippen MR) is 152 cm³/mol. The topological polar surface area (TPSA) is 119 Å². The van der Waals surface area contributed by atoms with Crippen LogP contribution in [0.5, 0.6) is 0 Å². The third kappa shape index (κ3) is 9.75. The van der Waals surface area contributed by atoms with Gasteiger partial charge in [-0.05, 0) is 62.1 Å². The molecule has 0 fully saturated rings. The number of ether oxygens (including phenoxy) is 3. The Bertz CT molecular complexity index is 1070. The minimum Gasteiger partial charge on any atom is -0.494 e. The molecule has 0 saturated carbocycles. The first kappa shape index (κ1) is 32.5. The Morgan fingerprint density at radius 1 is 1.13 bits per heavy atom. The van der Waals surface area contributed by atoms with Crippen LogP contribution >= 0.6 is 11.8 Å². The van der Waals surface area contributed by atoms with E-state index in [2.05, 4.69) is 28.6 Å². The van der Waals surface area contributed by atoms with Gasteiger partial charge in [0.1, 0.15) is 11.5 Å². The van der Waals surface area contributed by atoms with Crippen molar-refractivity contribution in [2.45, 2.75) is 56.9 Å². The maximum absolute atomic E-state index is 10.6. The number of nitrogens with one attached hydrogen (secondary N) is 2. The van der Waals surface area contributed by atoms with E-state index in [1.54, 1.807) is 39.3 Å². The van der Waals surface area contributed by atoms with Crippen LogP contribution in [0.15, 0.2) is 64.7 Å². The number of aromatic nitrogens is 1. The highest BCUT2D eigenvalue weighted by Gasteiger charge is 2.23. The largest absolute Gasteiger partial charge is 0.494 e. The van der Waals surface area contributed by atoms with Crippen LogP contribution in [0.25, 0.3) is 0 Å². The third-order valence-electron chi connectivity index (χ3n) is 5.38. The lowest BCUT2D eigenvalue weighted by Crippen LogP contribution is -2.16. The molecule has 2 heterocycles. The quantitative estimate of drug-likeness (QED) is 0.367. The molecule has 38 heavy (non-hydrogen) atoms. The summed E-state index contributed by atoms with van der Waals surface area (Å²) in [6.07, 6.45) is 8.32. The number of carbonyl (C=O) groups excluding carboxylic acids is 1. The summed E-state index contributed by atoms with van der Waals surface area (Å²) < 4.78 is 15.9. The number of anilines is 2. The molecule has 1 aliphatic heterocycles. The fourth-order valence-electron chi connectivity index (χ4n) is 3.79. The molecule has 0 radical (unpaired) electrons. The molecule has 0 bridgehead atoms. The molecule has 0 saturated heterocycles. The van der Waals surface area contributed by atoms with Gasteiger partial charge in [-0.15, -0.1) is 0 Å². The predicted octanol–water partition coefficient (Wildman–Crippen LogP) is 6.15. The second kappa shape index (κ2) is 17.9. The monoisotopic (exact) mass is 545 g/mol. The van der Waals surface area contributed by atoms with Gasteiger partial charge in [0.2, 0.25) is 6.41 Å². The molecule has 10 heteroatoms. The molecule has 2 atom stereocenters. The second-order valence-corrected chi connectivity index (χ2v) is 9.05. The first-order valence-electron chi connectivity index (χ1n) is 12.2. The van der Waals surface area contributed by atoms with Crippen molar-refractivity contribution < 1.29 is 28.9 Å². The van der Waals surface area contributed by atoms with Crippen LogP contribution < -0.4 is 10.6 Å². The van der Waals surface area contributed by atoms with Gasteiger partial charge in [-0.3, -0.25) is 14.6 Å². The van der Waals surface area contributed by atoms with Crippen molar-refractivity contribution in [1.82, 2.24) is 4.98 Å². The lowest BCUT2D eigenvalue weighted by atomic mass is 10.1. The third-order valence-corrected chi connectivity index (χ3v) is 6.59. The van der Waals surface area contributed by atoms with Gasteiger partial charge in [-0.1, -0.05) is 37.2 Å². The standard InChI is InChI=1S/C14H13N3OS.C11H18O3.C2H6.CH2O2/c1-9-4-10(6-11(5-9)16-8-18)14-17-12-2-3-15-7-13(12)19-14;1-8-5-6-9(12-2)11(14-4)10(7-8)13-3;1-2;2-1-3/h2-8,14,17H,1H3,(H,16,18);7,9H,5-6H2,1-4H3;1-2H3;1H,(H,2,3). The van der Waals surface area contributed by atoms with Gasteiger partial charge < -0.3 is 30.0 Å². The molecule has 1 aromatic heterocycles. The lowest BCUT2D eigenvalue weighted by Gasteiger charge is -2.17. The van der Waals surface area contributed by atoms with Crippen molar-refractivity contribution in [3.05, 3.63) is 71.0 Å². The number of rotatable bonds is 6. The number of thioether (sulfide) groups is 1. The van der Waals surface area contributed by atoms with Gasteiger partial charge >= 0.3 is 0 Å². The zero-order valence-corrected chi connectivity index (χ0v) is 23.9. The van der Waals surface area contributed by atoms with E-state index in [0.29, 0.717) is 6.41 Å². The molecule has 9 nitrogen and oxygen atoms in total. The number of carbonyl (C=O) groups is 2. The molecule has 1 aliphatic carbocycles. The van der Waals surface area contributed by atoms with E-state index in [1.807, 2.05) is 51.2 Å². The van der Waals surface area contributed by atoms with Crippen molar-refractivity contribution in [2.75, 3.05) is 32.0 Å². The van der Waals surface area contributed by atoms with Crippen molar-refractivity contribution in [3.8, 4) is 0 Å². The van der Waals surface area contributed by atoms with Crippen LogP contribution in [0.2, 0.25) is 0 Å². The number of fused-ring (bicyclic) bond motifs is 1. The maximum atomic E-state index is 10.6. The molecular weight excluding hydrogens is 506 g/mol. The Kier molecular flexibility index (Phi) is 15.3. The van der Waals surface area contributed by atoms with E-state index < -0.39 is 0 Å². The molecule has 208 valence electrons. The fraction of sp³-hybridized carbons (Fsp3) is 0.393. The summed E-state index contributed by atoms with van der Waals surface area (Å²) in [5, 5.41) is 13.2. The van der Waals surface area contributed by atoms with Gasteiger partial charge in [-0.2, -0.15) is 0 Å². The number of pyridine rings is 1. The van der Waals surface area contributed by atoms with E-state index in [0.717, 1.165) is 51.8 Å². The minimum absolute atomic E-state index is 0.00338. The molecule has 0 spiro atoms.